The minimum atomic E-state index is -0.0506. The Balaban J connectivity index is 1.23. The van der Waals surface area contributed by atoms with E-state index in [0.717, 1.165) is 33.5 Å². The van der Waals surface area contributed by atoms with Crippen LogP contribution in [0.1, 0.15) is 17.0 Å². The standard InChI is InChI=1S/C29H28N6O/c1-19-8-10-22(11-9-19)32-27-17-28(31-20(2)30-27)33-23-12-14-24(15-13-23)34-29(36)16-21-18-35(3)26-7-5-4-6-25(21)26/h4-15,17-18H,16H2,1-3H3,(H,34,36)(H2,30,31,32,33). The van der Waals surface area contributed by atoms with Crippen LogP contribution in [0.5, 0.6) is 0 Å². The third kappa shape index (κ3) is 5.36. The Hall–Kier alpha value is -4.65. The number of aromatic nitrogens is 3. The van der Waals surface area contributed by atoms with Gasteiger partial charge in [0.2, 0.25) is 5.91 Å². The number of aryl methyl sites for hydroxylation is 3. The highest BCUT2D eigenvalue weighted by molar-refractivity contribution is 5.96. The highest BCUT2D eigenvalue weighted by Crippen LogP contribution is 2.23. The molecule has 0 aliphatic carbocycles. The number of anilines is 5. The van der Waals surface area contributed by atoms with Crippen LogP contribution in [0.4, 0.5) is 28.7 Å². The molecule has 0 aliphatic rings. The van der Waals surface area contributed by atoms with E-state index in [1.807, 2.05) is 74.8 Å². The fourth-order valence-electron chi connectivity index (χ4n) is 4.21. The van der Waals surface area contributed by atoms with Gasteiger partial charge < -0.3 is 20.5 Å². The van der Waals surface area contributed by atoms with Gasteiger partial charge in [-0.25, -0.2) is 9.97 Å². The Kier molecular flexibility index (Phi) is 6.36. The maximum atomic E-state index is 12.7. The molecule has 2 aromatic heterocycles. The van der Waals surface area contributed by atoms with E-state index in [0.29, 0.717) is 23.9 Å². The first kappa shape index (κ1) is 23.1. The first-order valence-electron chi connectivity index (χ1n) is 11.8. The fraction of sp³-hybridized carbons (Fsp3) is 0.138. The monoisotopic (exact) mass is 476 g/mol. The van der Waals surface area contributed by atoms with E-state index in [9.17, 15) is 4.79 Å². The van der Waals surface area contributed by atoms with Crippen LogP contribution in [0.15, 0.2) is 85.1 Å². The van der Waals surface area contributed by atoms with E-state index in [1.165, 1.54) is 5.56 Å². The van der Waals surface area contributed by atoms with Gasteiger partial charge in [0.15, 0.2) is 0 Å². The van der Waals surface area contributed by atoms with Crippen molar-refractivity contribution in [2.45, 2.75) is 20.3 Å². The number of rotatable bonds is 7. The van der Waals surface area contributed by atoms with Crippen LogP contribution >= 0.6 is 0 Å². The molecule has 180 valence electrons. The Labute approximate surface area is 210 Å². The zero-order valence-electron chi connectivity index (χ0n) is 20.5. The summed E-state index contributed by atoms with van der Waals surface area (Å²) in [5.41, 5.74) is 5.90. The summed E-state index contributed by atoms with van der Waals surface area (Å²) < 4.78 is 2.05. The maximum Gasteiger partial charge on any atom is 0.228 e. The second-order valence-electron chi connectivity index (χ2n) is 8.89. The van der Waals surface area contributed by atoms with E-state index in [4.69, 9.17) is 0 Å². The summed E-state index contributed by atoms with van der Waals surface area (Å²) in [5, 5.41) is 10.7. The summed E-state index contributed by atoms with van der Waals surface area (Å²) in [5.74, 6) is 2.01. The van der Waals surface area contributed by atoms with Crippen LogP contribution in [0.25, 0.3) is 10.9 Å². The van der Waals surface area contributed by atoms with Crippen molar-refractivity contribution < 1.29 is 4.79 Å². The van der Waals surface area contributed by atoms with E-state index >= 15 is 0 Å². The quantitative estimate of drug-likeness (QED) is 0.258. The van der Waals surface area contributed by atoms with Crippen molar-refractivity contribution >= 4 is 45.5 Å². The molecule has 3 aromatic carbocycles. The van der Waals surface area contributed by atoms with Crippen molar-refractivity contribution in [3.63, 3.8) is 0 Å². The van der Waals surface area contributed by atoms with Crippen molar-refractivity contribution in [1.29, 1.82) is 0 Å². The number of hydrogen-bond donors (Lipinski definition) is 3. The summed E-state index contributed by atoms with van der Waals surface area (Å²) >= 11 is 0. The maximum absolute atomic E-state index is 12.7. The van der Waals surface area contributed by atoms with Gasteiger partial charge >= 0.3 is 0 Å². The molecule has 36 heavy (non-hydrogen) atoms. The number of para-hydroxylation sites is 1. The van der Waals surface area contributed by atoms with E-state index < -0.39 is 0 Å². The Morgan fingerprint density at radius 3 is 2.06 bits per heavy atom. The fourth-order valence-corrected chi connectivity index (χ4v) is 4.21. The van der Waals surface area contributed by atoms with Gasteiger partial charge in [0.1, 0.15) is 17.5 Å². The van der Waals surface area contributed by atoms with Gasteiger partial charge in [0.05, 0.1) is 6.42 Å². The van der Waals surface area contributed by atoms with Crippen LogP contribution < -0.4 is 16.0 Å². The minimum absolute atomic E-state index is 0.0506. The molecule has 0 fully saturated rings. The summed E-state index contributed by atoms with van der Waals surface area (Å²) in [6, 6.07) is 25.7. The second kappa shape index (κ2) is 9.92. The van der Waals surface area contributed by atoms with Gasteiger partial charge in [-0.3, -0.25) is 4.79 Å². The van der Waals surface area contributed by atoms with Crippen LogP contribution in [0.3, 0.4) is 0 Å². The SMILES string of the molecule is Cc1ccc(Nc2cc(Nc3ccc(NC(=O)Cc4cn(C)c5ccccc45)cc3)nc(C)n2)cc1. The van der Waals surface area contributed by atoms with Crippen LogP contribution in [0, 0.1) is 13.8 Å². The molecule has 0 saturated heterocycles. The van der Waals surface area contributed by atoms with Crippen molar-refractivity contribution in [1.82, 2.24) is 14.5 Å². The highest BCUT2D eigenvalue weighted by Gasteiger charge is 2.11. The molecule has 2 heterocycles. The number of amides is 1. The molecule has 0 bridgehead atoms. The first-order chi connectivity index (χ1) is 17.4. The molecule has 0 unspecified atom stereocenters. The summed E-state index contributed by atoms with van der Waals surface area (Å²) in [7, 11) is 2.00. The molecule has 0 atom stereocenters. The molecule has 5 aromatic rings. The molecule has 7 heteroatoms. The number of nitrogens with zero attached hydrogens (tertiary/aromatic N) is 3. The number of hydrogen-bond acceptors (Lipinski definition) is 5. The molecule has 7 nitrogen and oxygen atoms in total. The average Bonchev–Trinajstić information content (AvgIpc) is 3.16. The van der Waals surface area contributed by atoms with Crippen LogP contribution in [-0.4, -0.2) is 20.4 Å². The number of nitrogens with one attached hydrogen (secondary N) is 3. The average molecular weight is 477 g/mol. The van der Waals surface area contributed by atoms with Crippen molar-refractivity contribution in [2.24, 2.45) is 7.05 Å². The third-order valence-electron chi connectivity index (χ3n) is 5.93. The largest absolute Gasteiger partial charge is 0.350 e. The summed E-state index contributed by atoms with van der Waals surface area (Å²) in [4.78, 5) is 21.7. The normalized spacial score (nSPS) is 10.9. The number of carbonyl (C=O) groups is 1. The Morgan fingerprint density at radius 2 is 1.39 bits per heavy atom. The second-order valence-corrected chi connectivity index (χ2v) is 8.89. The summed E-state index contributed by atoms with van der Waals surface area (Å²) in [6.45, 7) is 3.92. The first-order valence-corrected chi connectivity index (χ1v) is 11.8. The van der Waals surface area contributed by atoms with E-state index in [1.54, 1.807) is 0 Å². The number of benzene rings is 3. The van der Waals surface area contributed by atoms with E-state index in [2.05, 4.69) is 61.7 Å². The third-order valence-corrected chi connectivity index (χ3v) is 5.93. The molecule has 0 saturated carbocycles. The molecular formula is C29H28N6O. The molecule has 1 amide bonds. The summed E-state index contributed by atoms with van der Waals surface area (Å²) in [6.07, 6.45) is 2.33. The lowest BCUT2D eigenvalue weighted by Crippen LogP contribution is -2.14. The molecule has 3 N–H and O–H groups in total. The highest BCUT2D eigenvalue weighted by atomic mass is 16.1. The molecule has 0 aliphatic heterocycles. The van der Waals surface area contributed by atoms with Gasteiger partial charge in [0, 0.05) is 47.3 Å². The Bertz CT molecular complexity index is 1520. The Morgan fingerprint density at radius 1 is 0.806 bits per heavy atom. The van der Waals surface area contributed by atoms with Gasteiger partial charge in [-0.05, 0) is 61.9 Å². The molecule has 0 radical (unpaired) electrons. The lowest BCUT2D eigenvalue weighted by atomic mass is 10.1. The predicted molar refractivity (Wildman–Crippen MR) is 146 cm³/mol. The van der Waals surface area contributed by atoms with Crippen LogP contribution in [0.2, 0.25) is 0 Å². The van der Waals surface area contributed by atoms with Gasteiger partial charge in [0.25, 0.3) is 0 Å². The predicted octanol–water partition coefficient (Wildman–Crippen LogP) is 6.25. The smallest absolute Gasteiger partial charge is 0.228 e. The minimum Gasteiger partial charge on any atom is -0.350 e. The van der Waals surface area contributed by atoms with Crippen LogP contribution in [-0.2, 0) is 18.3 Å². The molecule has 0 spiro atoms. The van der Waals surface area contributed by atoms with Gasteiger partial charge in [-0.2, -0.15) is 0 Å². The number of fused-ring (bicyclic) bond motifs is 1. The lowest BCUT2D eigenvalue weighted by molar-refractivity contribution is -0.115. The topological polar surface area (TPSA) is 83.9 Å². The molecular weight excluding hydrogens is 448 g/mol. The number of carbonyl (C=O) groups excluding carboxylic acids is 1. The van der Waals surface area contributed by atoms with Gasteiger partial charge in [-0.1, -0.05) is 35.9 Å². The van der Waals surface area contributed by atoms with Gasteiger partial charge in [-0.15, -0.1) is 0 Å². The molecule has 5 rings (SSSR count). The van der Waals surface area contributed by atoms with Crippen molar-refractivity contribution in [2.75, 3.05) is 16.0 Å². The van der Waals surface area contributed by atoms with E-state index in [-0.39, 0.29) is 5.91 Å². The van der Waals surface area contributed by atoms with Crippen molar-refractivity contribution in [3.05, 3.63) is 102 Å². The van der Waals surface area contributed by atoms with Crippen molar-refractivity contribution in [3.8, 4) is 0 Å². The zero-order valence-corrected chi connectivity index (χ0v) is 20.5. The zero-order chi connectivity index (χ0) is 25.1. The lowest BCUT2D eigenvalue weighted by Gasteiger charge is -2.11.